The molecule has 0 amide bonds. The Labute approximate surface area is 174 Å². The van der Waals surface area contributed by atoms with Gasteiger partial charge in [0.1, 0.15) is 0 Å². The topological polar surface area (TPSA) is 115 Å². The molecule has 0 fully saturated rings. The van der Waals surface area contributed by atoms with Crippen molar-refractivity contribution in [3.8, 4) is 11.1 Å². The summed E-state index contributed by atoms with van der Waals surface area (Å²) < 4.78 is 12.0. The average molecular weight is 417 g/mol. The Morgan fingerprint density at radius 2 is 1.63 bits per heavy atom. The van der Waals surface area contributed by atoms with Gasteiger partial charge in [0.25, 0.3) is 11.2 Å². The van der Waals surface area contributed by atoms with Crippen molar-refractivity contribution in [3.05, 3.63) is 58.5 Å². The van der Waals surface area contributed by atoms with Gasteiger partial charge in [-0.3, -0.25) is 4.79 Å². The van der Waals surface area contributed by atoms with Crippen molar-refractivity contribution in [2.45, 2.75) is 44.9 Å². The van der Waals surface area contributed by atoms with E-state index in [1.54, 1.807) is 75.0 Å². The number of methoxy groups -OCH3 is 1. The van der Waals surface area contributed by atoms with Gasteiger partial charge in [0.15, 0.2) is 0 Å². The zero-order valence-electron chi connectivity index (χ0n) is 17.5. The highest BCUT2D eigenvalue weighted by atomic mass is 16.6. The standard InChI is InChI=1S/C22H27NO7/c1-21(2,3)30-22(19(25)26,20(27)28)14-15-7-9-16(10-8-15)17-6-5-11-23(18(17)24)12-13-29-4/h5-11H,12-14H2,1-4H3,(H,25,26)(H,27,28). The second kappa shape index (κ2) is 9.23. The molecule has 30 heavy (non-hydrogen) atoms. The minimum absolute atomic E-state index is 0.177. The molecule has 2 aromatic rings. The molecule has 1 aromatic heterocycles. The maximum Gasteiger partial charge on any atom is 0.348 e. The van der Waals surface area contributed by atoms with E-state index in [0.29, 0.717) is 29.8 Å². The highest BCUT2D eigenvalue weighted by Crippen LogP contribution is 2.27. The Bertz CT molecular complexity index is 941. The van der Waals surface area contributed by atoms with Gasteiger partial charge in [0, 0.05) is 31.8 Å². The fourth-order valence-electron chi connectivity index (χ4n) is 3.10. The quantitative estimate of drug-likeness (QED) is 0.602. The van der Waals surface area contributed by atoms with Crippen LogP contribution in [0.3, 0.4) is 0 Å². The van der Waals surface area contributed by atoms with Crippen LogP contribution in [-0.4, -0.2) is 51.6 Å². The average Bonchev–Trinajstić information content (AvgIpc) is 2.66. The first-order valence-electron chi connectivity index (χ1n) is 9.45. The first kappa shape index (κ1) is 23.3. The molecule has 0 saturated heterocycles. The molecule has 0 aliphatic heterocycles. The lowest BCUT2D eigenvalue weighted by Gasteiger charge is -2.33. The van der Waals surface area contributed by atoms with E-state index in [9.17, 15) is 24.6 Å². The molecular weight excluding hydrogens is 390 g/mol. The highest BCUT2D eigenvalue weighted by molar-refractivity contribution is 6.02. The van der Waals surface area contributed by atoms with Crippen molar-refractivity contribution in [2.75, 3.05) is 13.7 Å². The SMILES string of the molecule is COCCn1cccc(-c2ccc(CC(OC(C)(C)C)(C(=O)O)C(=O)O)cc2)c1=O. The molecule has 2 rings (SSSR count). The minimum Gasteiger partial charge on any atom is -0.479 e. The van der Waals surface area contributed by atoms with Crippen LogP contribution in [0.4, 0.5) is 0 Å². The molecule has 162 valence electrons. The van der Waals surface area contributed by atoms with Gasteiger partial charge < -0.3 is 24.3 Å². The molecule has 0 saturated carbocycles. The lowest BCUT2D eigenvalue weighted by molar-refractivity contribution is -0.199. The number of aromatic nitrogens is 1. The highest BCUT2D eigenvalue weighted by Gasteiger charge is 2.50. The molecule has 2 N–H and O–H groups in total. The van der Waals surface area contributed by atoms with Gasteiger partial charge >= 0.3 is 11.9 Å². The molecule has 8 heteroatoms. The van der Waals surface area contributed by atoms with Crippen LogP contribution >= 0.6 is 0 Å². The van der Waals surface area contributed by atoms with Crippen molar-refractivity contribution < 1.29 is 29.3 Å². The number of hydrogen-bond donors (Lipinski definition) is 2. The number of rotatable bonds is 9. The fraction of sp³-hybridized carbons (Fsp3) is 0.409. The van der Waals surface area contributed by atoms with E-state index in [0.717, 1.165) is 0 Å². The first-order valence-corrected chi connectivity index (χ1v) is 9.45. The van der Waals surface area contributed by atoms with E-state index >= 15 is 0 Å². The van der Waals surface area contributed by atoms with Gasteiger partial charge in [-0.15, -0.1) is 0 Å². The van der Waals surface area contributed by atoms with Crippen LogP contribution in [0.25, 0.3) is 11.1 Å². The minimum atomic E-state index is -2.42. The summed E-state index contributed by atoms with van der Waals surface area (Å²) in [6.45, 7) is 5.62. The van der Waals surface area contributed by atoms with Gasteiger partial charge in [-0.25, -0.2) is 9.59 Å². The number of ether oxygens (including phenoxy) is 2. The Morgan fingerprint density at radius 1 is 1.03 bits per heavy atom. The van der Waals surface area contributed by atoms with Crippen LogP contribution in [0, 0.1) is 0 Å². The molecule has 0 bridgehead atoms. The lowest BCUT2D eigenvalue weighted by atomic mass is 9.92. The second-order valence-corrected chi connectivity index (χ2v) is 7.94. The van der Waals surface area contributed by atoms with E-state index in [-0.39, 0.29) is 12.0 Å². The van der Waals surface area contributed by atoms with Crippen LogP contribution in [0.1, 0.15) is 26.3 Å². The number of pyridine rings is 1. The van der Waals surface area contributed by atoms with Crippen molar-refractivity contribution in [3.63, 3.8) is 0 Å². The number of hydrogen-bond acceptors (Lipinski definition) is 5. The predicted molar refractivity (Wildman–Crippen MR) is 111 cm³/mol. The predicted octanol–water partition coefficient (Wildman–Crippen LogP) is 2.43. The van der Waals surface area contributed by atoms with Gasteiger partial charge in [0.2, 0.25) is 0 Å². The molecule has 0 radical (unpaired) electrons. The van der Waals surface area contributed by atoms with Gasteiger partial charge in [-0.2, -0.15) is 0 Å². The number of carboxylic acids is 2. The molecule has 0 unspecified atom stereocenters. The summed E-state index contributed by atoms with van der Waals surface area (Å²) in [5.74, 6) is -3.14. The largest absolute Gasteiger partial charge is 0.479 e. The molecule has 8 nitrogen and oxygen atoms in total. The van der Waals surface area contributed by atoms with E-state index in [1.165, 1.54) is 0 Å². The van der Waals surface area contributed by atoms with Crippen molar-refractivity contribution in [2.24, 2.45) is 0 Å². The third-order valence-electron chi connectivity index (χ3n) is 4.45. The summed E-state index contributed by atoms with van der Waals surface area (Å²) in [4.78, 5) is 36.3. The summed E-state index contributed by atoms with van der Waals surface area (Å²) in [5.41, 5.74) is -1.99. The number of aliphatic carboxylic acids is 2. The summed E-state index contributed by atoms with van der Waals surface area (Å²) in [6, 6.07) is 10.00. The maximum absolute atomic E-state index is 12.7. The number of nitrogens with zero attached hydrogens (tertiary/aromatic N) is 1. The van der Waals surface area contributed by atoms with Crippen LogP contribution < -0.4 is 5.56 Å². The zero-order chi connectivity index (χ0) is 22.5. The Kier molecular flexibility index (Phi) is 7.17. The van der Waals surface area contributed by atoms with Crippen LogP contribution in [0.5, 0.6) is 0 Å². The van der Waals surface area contributed by atoms with Crippen LogP contribution in [0.15, 0.2) is 47.4 Å². The van der Waals surface area contributed by atoms with E-state index in [1.807, 2.05) is 0 Å². The molecule has 1 heterocycles. The molecule has 1 aromatic carbocycles. The van der Waals surface area contributed by atoms with Crippen molar-refractivity contribution in [1.29, 1.82) is 0 Å². The number of carbonyl (C=O) groups is 2. The lowest BCUT2D eigenvalue weighted by Crippen LogP contribution is -2.54. The molecule has 0 spiro atoms. The third kappa shape index (κ3) is 5.34. The fourth-order valence-corrected chi connectivity index (χ4v) is 3.10. The normalized spacial score (nSPS) is 12.0. The Balaban J connectivity index is 2.36. The first-order chi connectivity index (χ1) is 14.0. The van der Waals surface area contributed by atoms with Gasteiger partial charge in [0.05, 0.1) is 12.2 Å². The Morgan fingerprint density at radius 3 is 2.13 bits per heavy atom. The van der Waals surface area contributed by atoms with Gasteiger partial charge in [-0.05, 0) is 44.0 Å². The molecule has 0 aliphatic carbocycles. The van der Waals surface area contributed by atoms with Crippen molar-refractivity contribution >= 4 is 11.9 Å². The van der Waals surface area contributed by atoms with Gasteiger partial charge in [-0.1, -0.05) is 24.3 Å². The smallest absolute Gasteiger partial charge is 0.348 e. The number of benzene rings is 1. The molecular formula is C22H27NO7. The summed E-state index contributed by atoms with van der Waals surface area (Å²) in [5, 5.41) is 19.3. The van der Waals surface area contributed by atoms with E-state index < -0.39 is 23.1 Å². The summed E-state index contributed by atoms with van der Waals surface area (Å²) >= 11 is 0. The zero-order valence-corrected chi connectivity index (χ0v) is 17.5. The van der Waals surface area contributed by atoms with Crippen LogP contribution in [-0.2, 0) is 32.0 Å². The van der Waals surface area contributed by atoms with Crippen LogP contribution in [0.2, 0.25) is 0 Å². The number of carboxylic acid groups (broad SMARTS) is 2. The van der Waals surface area contributed by atoms with E-state index in [2.05, 4.69) is 0 Å². The van der Waals surface area contributed by atoms with Crippen molar-refractivity contribution in [1.82, 2.24) is 4.57 Å². The monoisotopic (exact) mass is 417 g/mol. The third-order valence-corrected chi connectivity index (χ3v) is 4.45. The Hall–Kier alpha value is -2.97. The van der Waals surface area contributed by atoms with E-state index in [4.69, 9.17) is 9.47 Å². The summed E-state index contributed by atoms with van der Waals surface area (Å²) in [7, 11) is 1.56. The second-order valence-electron chi connectivity index (χ2n) is 7.94. The summed E-state index contributed by atoms with van der Waals surface area (Å²) in [6.07, 6.45) is 1.32. The molecule has 0 aliphatic rings. The maximum atomic E-state index is 12.7. The molecule has 0 atom stereocenters.